The van der Waals surface area contributed by atoms with Gasteiger partial charge < -0.3 is 9.15 Å². The molecule has 0 unspecified atom stereocenters. The molecule has 1 amide bonds. The fourth-order valence-electron chi connectivity index (χ4n) is 2.64. The first-order valence-electron chi connectivity index (χ1n) is 7.81. The normalized spacial score (nSPS) is 11.0. The largest absolute Gasteiger partial charge is 0.420 e. The summed E-state index contributed by atoms with van der Waals surface area (Å²) in [5.74, 6) is 0. The summed E-state index contributed by atoms with van der Waals surface area (Å²) >= 11 is 0. The molecule has 4 aromatic rings. The van der Waals surface area contributed by atoms with Gasteiger partial charge >= 0.3 is 12.2 Å². The second-order valence-corrected chi connectivity index (χ2v) is 7.81. The van der Waals surface area contributed by atoms with Crippen molar-refractivity contribution in [1.82, 2.24) is 4.98 Å². The molecule has 1 heterocycles. The summed E-state index contributed by atoms with van der Waals surface area (Å²) in [6.07, 6.45) is 1.26. The van der Waals surface area contributed by atoms with Crippen LogP contribution in [0.5, 0.6) is 6.08 Å². The predicted octanol–water partition coefficient (Wildman–Crippen LogP) is 5.96. The number of rotatable bonds is 4. The average molecular weight is 382 g/mol. The molecule has 4 rings (SSSR count). The first kappa shape index (κ1) is 16.8. The third kappa shape index (κ3) is 3.36. The van der Waals surface area contributed by atoms with Crippen molar-refractivity contribution in [3.63, 3.8) is 0 Å². The number of nitrogens with zero attached hydrogens (tertiary/aromatic N) is 1. The summed E-state index contributed by atoms with van der Waals surface area (Å²) in [4.78, 5) is 17.5. The van der Waals surface area contributed by atoms with E-state index in [2.05, 4.69) is 10.3 Å². The number of hydrogen-bond acceptors (Lipinski definition) is 6. The van der Waals surface area contributed by atoms with Crippen molar-refractivity contribution in [1.29, 1.82) is 0 Å². The van der Waals surface area contributed by atoms with E-state index in [1.807, 2.05) is 54.8 Å². The summed E-state index contributed by atoms with van der Waals surface area (Å²) < 4.78 is 10.7. The molecule has 0 atom stereocenters. The molecule has 0 saturated carbocycles. The van der Waals surface area contributed by atoms with Crippen LogP contribution >= 0.6 is 21.6 Å². The molecule has 0 aliphatic carbocycles. The van der Waals surface area contributed by atoms with Gasteiger partial charge in [-0.1, -0.05) is 64.1 Å². The van der Waals surface area contributed by atoms with Gasteiger partial charge in [-0.3, -0.25) is 5.32 Å². The topological polar surface area (TPSA) is 64.4 Å². The molecule has 0 bridgehead atoms. The van der Waals surface area contributed by atoms with Gasteiger partial charge in [-0.2, -0.15) is 4.98 Å². The molecule has 130 valence electrons. The molecule has 1 N–H and O–H groups in total. The van der Waals surface area contributed by atoms with Crippen LogP contribution < -0.4 is 10.1 Å². The number of nitrogens with one attached hydrogen (secondary N) is 1. The standard InChI is InChI=1S/C19H14N2O3S2/c1-25-26-16-11-10-12-6-2-3-7-13(12)17(16)21-18(22)24-19-20-14-8-4-5-9-15(14)23-19/h2-11H,1H3,(H,21,22). The third-order valence-corrected chi connectivity index (χ3v) is 5.47. The number of benzene rings is 3. The van der Waals surface area contributed by atoms with E-state index in [9.17, 15) is 4.79 Å². The predicted molar refractivity (Wildman–Crippen MR) is 107 cm³/mol. The fraction of sp³-hybridized carbons (Fsp3) is 0.0526. The fourth-order valence-corrected chi connectivity index (χ4v) is 4.14. The molecule has 0 spiro atoms. The summed E-state index contributed by atoms with van der Waals surface area (Å²) in [6, 6.07) is 19.1. The first-order chi connectivity index (χ1) is 12.7. The lowest BCUT2D eigenvalue weighted by atomic mass is 10.1. The summed E-state index contributed by atoms with van der Waals surface area (Å²) in [5.41, 5.74) is 1.92. The van der Waals surface area contributed by atoms with Crippen LogP contribution in [0, 0.1) is 0 Å². The minimum Gasteiger partial charge on any atom is -0.409 e. The third-order valence-electron chi connectivity index (χ3n) is 3.75. The number of carbonyl (C=O) groups excluding carboxylic acids is 1. The number of para-hydroxylation sites is 2. The van der Waals surface area contributed by atoms with Crippen molar-refractivity contribution in [3.05, 3.63) is 60.7 Å². The Balaban J connectivity index is 1.63. The Morgan fingerprint density at radius 2 is 1.88 bits per heavy atom. The summed E-state index contributed by atoms with van der Waals surface area (Å²) in [7, 11) is 3.18. The first-order valence-corrected chi connectivity index (χ1v) is 10.4. The summed E-state index contributed by atoms with van der Waals surface area (Å²) in [5, 5.41) is 4.82. The van der Waals surface area contributed by atoms with Crippen molar-refractivity contribution in [2.45, 2.75) is 4.90 Å². The number of amides is 1. The molecule has 0 saturated heterocycles. The van der Waals surface area contributed by atoms with Crippen LogP contribution in [0.2, 0.25) is 0 Å². The number of hydrogen-bond donors (Lipinski definition) is 1. The van der Waals surface area contributed by atoms with E-state index in [4.69, 9.17) is 9.15 Å². The Morgan fingerprint density at radius 3 is 2.73 bits per heavy atom. The van der Waals surface area contributed by atoms with Crippen LogP contribution in [0.1, 0.15) is 0 Å². The van der Waals surface area contributed by atoms with Crippen molar-refractivity contribution in [2.75, 3.05) is 11.6 Å². The molecule has 3 aromatic carbocycles. The van der Waals surface area contributed by atoms with E-state index in [1.165, 1.54) is 0 Å². The Hall–Kier alpha value is -2.64. The lowest BCUT2D eigenvalue weighted by Gasteiger charge is -2.12. The number of fused-ring (bicyclic) bond motifs is 2. The second-order valence-electron chi connectivity index (χ2n) is 5.37. The van der Waals surface area contributed by atoms with Gasteiger partial charge in [0.1, 0.15) is 5.52 Å². The number of carbonyl (C=O) groups is 1. The van der Waals surface area contributed by atoms with Gasteiger partial charge in [0.25, 0.3) is 0 Å². The Bertz CT molecular complexity index is 1060. The number of aromatic nitrogens is 1. The highest BCUT2D eigenvalue weighted by Crippen LogP contribution is 2.39. The quantitative estimate of drug-likeness (QED) is 0.439. The number of oxazole rings is 1. The van der Waals surface area contributed by atoms with Crippen molar-refractivity contribution in [2.24, 2.45) is 0 Å². The zero-order valence-electron chi connectivity index (χ0n) is 13.8. The molecule has 0 fully saturated rings. The lowest BCUT2D eigenvalue weighted by Crippen LogP contribution is -2.17. The van der Waals surface area contributed by atoms with Gasteiger partial charge in [0.2, 0.25) is 0 Å². The minimum absolute atomic E-state index is 0.0805. The highest BCUT2D eigenvalue weighted by molar-refractivity contribution is 8.76. The highest BCUT2D eigenvalue weighted by Gasteiger charge is 2.15. The van der Waals surface area contributed by atoms with E-state index < -0.39 is 6.09 Å². The van der Waals surface area contributed by atoms with E-state index in [1.54, 1.807) is 33.7 Å². The maximum atomic E-state index is 12.4. The molecular weight excluding hydrogens is 368 g/mol. The van der Waals surface area contributed by atoms with Gasteiger partial charge in [-0.25, -0.2) is 4.79 Å². The maximum absolute atomic E-state index is 12.4. The van der Waals surface area contributed by atoms with Gasteiger partial charge in [0, 0.05) is 10.3 Å². The van der Waals surface area contributed by atoms with Gasteiger partial charge in [-0.05, 0) is 29.8 Å². The molecule has 0 aliphatic rings. The SMILES string of the molecule is CSSc1ccc2ccccc2c1NC(=O)Oc1nc2ccccc2o1. The van der Waals surface area contributed by atoms with Crippen molar-refractivity contribution >= 4 is 55.2 Å². The molecule has 7 heteroatoms. The summed E-state index contributed by atoms with van der Waals surface area (Å²) in [6.45, 7) is 0. The van der Waals surface area contributed by atoms with E-state index in [0.29, 0.717) is 16.8 Å². The lowest BCUT2D eigenvalue weighted by molar-refractivity contribution is 0.200. The molecule has 5 nitrogen and oxygen atoms in total. The van der Waals surface area contributed by atoms with Gasteiger partial charge in [-0.15, -0.1) is 0 Å². The molecule has 0 radical (unpaired) electrons. The molecule has 0 aliphatic heterocycles. The van der Waals surface area contributed by atoms with Crippen LogP contribution in [0.15, 0.2) is 70.0 Å². The monoisotopic (exact) mass is 382 g/mol. The van der Waals surface area contributed by atoms with Crippen LogP contribution in [0.4, 0.5) is 10.5 Å². The molecule has 26 heavy (non-hydrogen) atoms. The van der Waals surface area contributed by atoms with E-state index in [0.717, 1.165) is 15.7 Å². The smallest absolute Gasteiger partial charge is 0.409 e. The highest BCUT2D eigenvalue weighted by atomic mass is 33.1. The van der Waals surface area contributed by atoms with Crippen molar-refractivity contribution < 1.29 is 13.9 Å². The second kappa shape index (κ2) is 7.31. The zero-order valence-corrected chi connectivity index (χ0v) is 15.4. The zero-order chi connectivity index (χ0) is 17.9. The van der Waals surface area contributed by atoms with Crippen LogP contribution in [0.25, 0.3) is 21.9 Å². The molecular formula is C19H14N2O3S2. The van der Waals surface area contributed by atoms with E-state index in [-0.39, 0.29) is 6.08 Å². The van der Waals surface area contributed by atoms with Crippen LogP contribution in [0.3, 0.4) is 0 Å². The number of ether oxygens (including phenoxy) is 1. The van der Waals surface area contributed by atoms with Crippen LogP contribution in [-0.2, 0) is 0 Å². The minimum atomic E-state index is -0.643. The van der Waals surface area contributed by atoms with Gasteiger partial charge in [0.05, 0.1) is 5.69 Å². The van der Waals surface area contributed by atoms with E-state index >= 15 is 0 Å². The van der Waals surface area contributed by atoms with Crippen molar-refractivity contribution in [3.8, 4) is 6.08 Å². The Labute approximate surface area is 157 Å². The maximum Gasteiger partial charge on any atom is 0.420 e. The Kier molecular flexibility index (Phi) is 4.73. The van der Waals surface area contributed by atoms with Crippen LogP contribution in [-0.4, -0.2) is 17.3 Å². The average Bonchev–Trinajstić information content (AvgIpc) is 3.06. The van der Waals surface area contributed by atoms with Gasteiger partial charge in [0.15, 0.2) is 5.58 Å². The Morgan fingerprint density at radius 1 is 1.08 bits per heavy atom. The molecule has 1 aromatic heterocycles. The number of anilines is 1.